The van der Waals surface area contributed by atoms with Gasteiger partial charge in [-0.15, -0.1) is 0 Å². The number of rotatable bonds is 7. The monoisotopic (exact) mass is 258 g/mol. The lowest BCUT2D eigenvalue weighted by Crippen LogP contribution is -2.29. The first-order valence-corrected chi connectivity index (χ1v) is 6.98. The quantitative estimate of drug-likeness (QED) is 0.713. The molecule has 0 aromatic rings. The van der Waals surface area contributed by atoms with Crippen LogP contribution in [-0.4, -0.2) is 24.3 Å². The first kappa shape index (κ1) is 17.4. The van der Waals surface area contributed by atoms with Crippen LogP contribution in [0.25, 0.3) is 0 Å². The maximum atomic E-state index is 12.1. The van der Waals surface area contributed by atoms with Crippen LogP contribution in [0, 0.1) is 23.2 Å². The van der Waals surface area contributed by atoms with Crippen molar-refractivity contribution in [3.8, 4) is 0 Å². The van der Waals surface area contributed by atoms with Crippen LogP contribution >= 0.6 is 0 Å². The lowest BCUT2D eigenvalue weighted by atomic mass is 9.80. The zero-order valence-corrected chi connectivity index (χ0v) is 12.8. The van der Waals surface area contributed by atoms with Crippen LogP contribution in [0.15, 0.2) is 0 Å². The van der Waals surface area contributed by atoms with Crippen LogP contribution in [-0.2, 0) is 9.53 Å². The maximum Gasteiger partial charge on any atom is 0.309 e. The smallest absolute Gasteiger partial charge is 0.309 e. The van der Waals surface area contributed by atoms with E-state index in [2.05, 4.69) is 34.6 Å². The van der Waals surface area contributed by atoms with E-state index in [1.807, 2.05) is 6.92 Å². The fourth-order valence-electron chi connectivity index (χ4n) is 1.86. The van der Waals surface area contributed by atoms with Gasteiger partial charge in [0.1, 0.15) is 0 Å². The molecule has 0 saturated heterocycles. The van der Waals surface area contributed by atoms with Crippen molar-refractivity contribution in [1.82, 2.24) is 0 Å². The number of ether oxygens (including phenoxy) is 1. The third kappa shape index (κ3) is 7.00. The summed E-state index contributed by atoms with van der Waals surface area (Å²) in [5.74, 6) is 0.176. The molecule has 0 bridgehead atoms. The zero-order valence-electron chi connectivity index (χ0n) is 12.8. The van der Waals surface area contributed by atoms with Gasteiger partial charge in [-0.05, 0) is 24.2 Å². The molecule has 0 aromatic heterocycles. The van der Waals surface area contributed by atoms with Crippen LogP contribution in [0.2, 0.25) is 0 Å². The van der Waals surface area contributed by atoms with Gasteiger partial charge in [0, 0.05) is 12.5 Å². The van der Waals surface area contributed by atoms with Crippen molar-refractivity contribution in [1.29, 1.82) is 0 Å². The summed E-state index contributed by atoms with van der Waals surface area (Å²) in [5.41, 5.74) is 0.120. The third-order valence-electron chi connectivity index (χ3n) is 3.24. The van der Waals surface area contributed by atoms with Crippen molar-refractivity contribution < 1.29 is 14.6 Å². The van der Waals surface area contributed by atoms with Crippen molar-refractivity contribution in [3.63, 3.8) is 0 Å². The van der Waals surface area contributed by atoms with Gasteiger partial charge in [-0.25, -0.2) is 0 Å². The van der Waals surface area contributed by atoms with E-state index < -0.39 is 0 Å². The SMILES string of the molecule is CCC(CO)COC(=O)C(CC(C)(C)C)C(C)C. The highest BCUT2D eigenvalue weighted by Gasteiger charge is 2.29. The summed E-state index contributed by atoms with van der Waals surface area (Å²) in [6.07, 6.45) is 1.66. The van der Waals surface area contributed by atoms with Gasteiger partial charge in [0.2, 0.25) is 0 Å². The van der Waals surface area contributed by atoms with E-state index in [0.717, 1.165) is 12.8 Å². The summed E-state index contributed by atoms with van der Waals surface area (Å²) in [6, 6.07) is 0. The Morgan fingerprint density at radius 3 is 2.17 bits per heavy atom. The highest BCUT2D eigenvalue weighted by atomic mass is 16.5. The van der Waals surface area contributed by atoms with E-state index in [9.17, 15) is 4.79 Å². The van der Waals surface area contributed by atoms with Crippen LogP contribution in [0.3, 0.4) is 0 Å². The zero-order chi connectivity index (χ0) is 14.3. The number of carbonyl (C=O) groups excluding carboxylic acids is 1. The standard InChI is InChI=1S/C15H30O3/c1-7-12(9-16)10-18-14(17)13(11(2)3)8-15(4,5)6/h11-13,16H,7-10H2,1-6H3. The minimum absolute atomic E-state index is 0.0544. The molecular weight excluding hydrogens is 228 g/mol. The first-order valence-electron chi connectivity index (χ1n) is 6.98. The molecule has 0 saturated carbocycles. The first-order chi connectivity index (χ1) is 8.21. The molecule has 108 valence electrons. The van der Waals surface area contributed by atoms with Gasteiger partial charge in [0.25, 0.3) is 0 Å². The third-order valence-corrected chi connectivity index (χ3v) is 3.24. The molecule has 3 heteroatoms. The van der Waals surface area contributed by atoms with E-state index in [0.29, 0.717) is 6.61 Å². The topological polar surface area (TPSA) is 46.5 Å². The molecule has 0 rings (SSSR count). The van der Waals surface area contributed by atoms with Gasteiger partial charge in [-0.1, -0.05) is 41.5 Å². The number of carbonyl (C=O) groups is 1. The van der Waals surface area contributed by atoms with E-state index in [1.54, 1.807) is 0 Å². The number of aliphatic hydroxyl groups excluding tert-OH is 1. The Morgan fingerprint density at radius 1 is 1.28 bits per heavy atom. The van der Waals surface area contributed by atoms with E-state index >= 15 is 0 Å². The molecule has 0 aliphatic carbocycles. The summed E-state index contributed by atoms with van der Waals surface area (Å²) in [6.45, 7) is 12.9. The Balaban J connectivity index is 4.40. The minimum atomic E-state index is -0.119. The molecule has 2 atom stereocenters. The highest BCUT2D eigenvalue weighted by molar-refractivity contribution is 5.72. The van der Waals surface area contributed by atoms with Crippen molar-refractivity contribution in [3.05, 3.63) is 0 Å². The molecule has 0 spiro atoms. The van der Waals surface area contributed by atoms with Gasteiger partial charge in [-0.3, -0.25) is 4.79 Å². The highest BCUT2D eigenvalue weighted by Crippen LogP contribution is 2.29. The molecule has 0 aliphatic heterocycles. The largest absolute Gasteiger partial charge is 0.465 e. The van der Waals surface area contributed by atoms with Gasteiger partial charge >= 0.3 is 5.97 Å². The summed E-state index contributed by atoms with van der Waals surface area (Å²) >= 11 is 0. The number of hydrogen-bond donors (Lipinski definition) is 1. The van der Waals surface area contributed by atoms with Crippen LogP contribution < -0.4 is 0 Å². The van der Waals surface area contributed by atoms with Crippen LogP contribution in [0.4, 0.5) is 0 Å². The maximum absolute atomic E-state index is 12.1. The second kappa shape index (κ2) is 7.78. The van der Waals surface area contributed by atoms with Crippen molar-refractivity contribution in [2.24, 2.45) is 23.2 Å². The van der Waals surface area contributed by atoms with Crippen molar-refractivity contribution >= 4 is 5.97 Å². The summed E-state index contributed by atoms with van der Waals surface area (Å²) in [7, 11) is 0. The molecule has 2 unspecified atom stereocenters. The molecule has 1 N–H and O–H groups in total. The lowest BCUT2D eigenvalue weighted by Gasteiger charge is -2.27. The van der Waals surface area contributed by atoms with Gasteiger partial charge in [0.15, 0.2) is 0 Å². The van der Waals surface area contributed by atoms with Gasteiger partial charge < -0.3 is 9.84 Å². The normalized spacial score (nSPS) is 15.6. The Bertz CT molecular complexity index is 237. The molecule has 0 heterocycles. The van der Waals surface area contributed by atoms with E-state index in [1.165, 1.54) is 0 Å². The Labute approximate surface area is 112 Å². The lowest BCUT2D eigenvalue weighted by molar-refractivity contribution is -0.153. The fourth-order valence-corrected chi connectivity index (χ4v) is 1.86. The van der Waals surface area contributed by atoms with Crippen LogP contribution in [0.5, 0.6) is 0 Å². The molecular formula is C15H30O3. The average molecular weight is 258 g/mol. The fraction of sp³-hybridized carbons (Fsp3) is 0.933. The summed E-state index contributed by atoms with van der Waals surface area (Å²) < 4.78 is 5.36. The van der Waals surface area contributed by atoms with Crippen LogP contribution in [0.1, 0.15) is 54.4 Å². The Hall–Kier alpha value is -0.570. The minimum Gasteiger partial charge on any atom is -0.465 e. The predicted molar refractivity (Wildman–Crippen MR) is 74.2 cm³/mol. The van der Waals surface area contributed by atoms with Crippen molar-refractivity contribution in [2.45, 2.75) is 54.4 Å². The van der Waals surface area contributed by atoms with Crippen molar-refractivity contribution in [2.75, 3.05) is 13.2 Å². The molecule has 0 amide bonds. The molecule has 0 fully saturated rings. The predicted octanol–water partition coefficient (Wildman–Crippen LogP) is 3.26. The number of esters is 1. The van der Waals surface area contributed by atoms with Gasteiger partial charge in [0.05, 0.1) is 12.5 Å². The Morgan fingerprint density at radius 2 is 1.83 bits per heavy atom. The molecule has 0 aromatic carbocycles. The van der Waals surface area contributed by atoms with E-state index in [4.69, 9.17) is 9.84 Å². The Kier molecular flexibility index (Phi) is 7.53. The van der Waals surface area contributed by atoms with E-state index in [-0.39, 0.29) is 35.7 Å². The average Bonchev–Trinajstić information content (AvgIpc) is 2.25. The summed E-state index contributed by atoms with van der Waals surface area (Å²) in [5, 5.41) is 9.08. The second-order valence-corrected chi connectivity index (χ2v) is 6.70. The number of hydrogen-bond acceptors (Lipinski definition) is 3. The number of aliphatic hydroxyl groups is 1. The molecule has 3 nitrogen and oxygen atoms in total. The molecule has 0 aliphatic rings. The second-order valence-electron chi connectivity index (χ2n) is 6.70. The van der Waals surface area contributed by atoms with Gasteiger partial charge in [-0.2, -0.15) is 0 Å². The molecule has 18 heavy (non-hydrogen) atoms. The molecule has 0 radical (unpaired) electrons. The summed E-state index contributed by atoms with van der Waals surface area (Å²) in [4.78, 5) is 12.1.